The minimum Gasteiger partial charge on any atom is -0.482 e. The van der Waals surface area contributed by atoms with Gasteiger partial charge >= 0.3 is 5.97 Å². The Morgan fingerprint density at radius 1 is 1.43 bits per heavy atom. The van der Waals surface area contributed by atoms with Crippen LogP contribution in [0.5, 0.6) is 5.75 Å². The van der Waals surface area contributed by atoms with Gasteiger partial charge in [-0.05, 0) is 24.6 Å². The number of nitrogens with two attached hydrogens (primary N) is 1. The normalized spacial score (nSPS) is 13.5. The predicted molar refractivity (Wildman–Crippen MR) is 89.1 cm³/mol. The second kappa shape index (κ2) is 5.58. The van der Waals surface area contributed by atoms with E-state index >= 15 is 0 Å². The minimum atomic E-state index is -0.472. The molecule has 0 fully saturated rings. The first-order chi connectivity index (χ1) is 10.9. The number of nitrogen functional groups attached to an aromatic ring is 1. The maximum atomic E-state index is 12.1. The van der Waals surface area contributed by atoms with Crippen molar-refractivity contribution < 1.29 is 19.1 Å². The Labute approximate surface area is 137 Å². The highest BCUT2D eigenvalue weighted by atomic mass is 32.1. The van der Waals surface area contributed by atoms with Gasteiger partial charge in [0.15, 0.2) is 6.61 Å². The molecule has 0 saturated carbocycles. The van der Waals surface area contributed by atoms with E-state index in [2.05, 4.69) is 0 Å². The summed E-state index contributed by atoms with van der Waals surface area (Å²) in [7, 11) is 3.02. The molecule has 0 atom stereocenters. The van der Waals surface area contributed by atoms with Crippen LogP contribution in [0.4, 0.5) is 10.7 Å². The third-order valence-electron chi connectivity index (χ3n) is 3.84. The van der Waals surface area contributed by atoms with Crippen LogP contribution < -0.4 is 15.4 Å². The first-order valence-electron chi connectivity index (χ1n) is 6.95. The maximum absolute atomic E-state index is 12.1. The Balaban J connectivity index is 2.17. The molecule has 1 aromatic heterocycles. The number of nitrogens with zero attached hydrogens (tertiary/aromatic N) is 1. The summed E-state index contributed by atoms with van der Waals surface area (Å²) in [6, 6.07) is 5.47. The standard InChI is InChI=1S/C16H16N2O4S/c1-8-13(14(15(17)23-8)16(20)21-3)9-4-5-11-10(6-9)18(2)12(19)7-22-11/h4-6H,7,17H2,1-3H3. The number of ether oxygens (including phenoxy) is 2. The Bertz CT molecular complexity index is 813. The number of aryl methyl sites for hydroxylation is 1. The molecule has 0 radical (unpaired) electrons. The SMILES string of the molecule is COC(=O)c1c(N)sc(C)c1-c1ccc2c(c1)N(C)C(=O)CO2. The molecular formula is C16H16N2O4S. The summed E-state index contributed by atoms with van der Waals surface area (Å²) >= 11 is 1.34. The van der Waals surface area contributed by atoms with E-state index in [0.717, 1.165) is 16.0 Å². The number of anilines is 2. The molecule has 120 valence electrons. The summed E-state index contributed by atoms with van der Waals surface area (Å²) in [4.78, 5) is 26.3. The highest BCUT2D eigenvalue weighted by Gasteiger charge is 2.26. The topological polar surface area (TPSA) is 81.9 Å². The molecule has 1 amide bonds. The zero-order valence-electron chi connectivity index (χ0n) is 13.0. The number of thiophene rings is 1. The lowest BCUT2D eigenvalue weighted by Gasteiger charge is -2.26. The smallest absolute Gasteiger partial charge is 0.341 e. The molecular weight excluding hydrogens is 316 g/mol. The first kappa shape index (κ1) is 15.4. The van der Waals surface area contributed by atoms with E-state index in [1.165, 1.54) is 18.4 Å². The van der Waals surface area contributed by atoms with Crippen molar-refractivity contribution in [2.45, 2.75) is 6.92 Å². The van der Waals surface area contributed by atoms with Gasteiger partial charge in [0.05, 0.1) is 12.8 Å². The van der Waals surface area contributed by atoms with E-state index in [1.54, 1.807) is 18.0 Å². The Hall–Kier alpha value is -2.54. The number of carbonyl (C=O) groups is 2. The van der Waals surface area contributed by atoms with Crippen LogP contribution in [0.15, 0.2) is 18.2 Å². The lowest BCUT2D eigenvalue weighted by molar-refractivity contribution is -0.120. The number of methoxy groups -OCH3 is 1. The number of hydrogen-bond acceptors (Lipinski definition) is 6. The number of benzene rings is 1. The van der Waals surface area contributed by atoms with Gasteiger partial charge < -0.3 is 20.1 Å². The van der Waals surface area contributed by atoms with Crippen LogP contribution in [0, 0.1) is 6.92 Å². The average Bonchev–Trinajstić information content (AvgIpc) is 2.84. The van der Waals surface area contributed by atoms with E-state index in [4.69, 9.17) is 15.2 Å². The van der Waals surface area contributed by atoms with Gasteiger partial charge in [-0.25, -0.2) is 4.79 Å². The van der Waals surface area contributed by atoms with Crippen molar-refractivity contribution in [3.63, 3.8) is 0 Å². The summed E-state index contributed by atoms with van der Waals surface area (Å²) in [6.07, 6.45) is 0. The fourth-order valence-corrected chi connectivity index (χ4v) is 3.59. The van der Waals surface area contributed by atoms with Gasteiger partial charge in [-0.2, -0.15) is 0 Å². The minimum absolute atomic E-state index is 0.0285. The molecule has 1 aliphatic rings. The van der Waals surface area contributed by atoms with Gasteiger partial charge in [0.2, 0.25) is 0 Å². The van der Waals surface area contributed by atoms with Crippen LogP contribution in [0.1, 0.15) is 15.2 Å². The number of hydrogen-bond donors (Lipinski definition) is 1. The second-order valence-electron chi connectivity index (χ2n) is 5.19. The van der Waals surface area contributed by atoms with Gasteiger partial charge in [-0.1, -0.05) is 6.07 Å². The van der Waals surface area contributed by atoms with Gasteiger partial charge in [0.25, 0.3) is 5.91 Å². The number of likely N-dealkylation sites (N-methyl/N-ethyl adjacent to an activating group) is 1. The Morgan fingerprint density at radius 2 is 2.17 bits per heavy atom. The van der Waals surface area contributed by atoms with Gasteiger partial charge in [-0.3, -0.25) is 4.79 Å². The van der Waals surface area contributed by atoms with Crippen LogP contribution >= 0.6 is 11.3 Å². The molecule has 2 N–H and O–H groups in total. The number of fused-ring (bicyclic) bond motifs is 1. The van der Waals surface area contributed by atoms with Crippen LogP contribution in [0.25, 0.3) is 11.1 Å². The molecule has 0 bridgehead atoms. The van der Waals surface area contributed by atoms with Crippen molar-refractivity contribution in [3.8, 4) is 16.9 Å². The number of esters is 1. The first-order valence-corrected chi connectivity index (χ1v) is 7.76. The van der Waals surface area contributed by atoms with Crippen molar-refractivity contribution in [3.05, 3.63) is 28.6 Å². The van der Waals surface area contributed by atoms with Crippen LogP contribution in [-0.2, 0) is 9.53 Å². The summed E-state index contributed by atoms with van der Waals surface area (Å²) in [6.45, 7) is 1.92. The van der Waals surface area contributed by atoms with E-state index < -0.39 is 5.97 Å². The molecule has 3 rings (SSSR count). The summed E-state index contributed by atoms with van der Waals surface area (Å²) < 4.78 is 10.3. The fraction of sp³-hybridized carbons (Fsp3) is 0.250. The van der Waals surface area contributed by atoms with Crippen LogP contribution in [0.3, 0.4) is 0 Å². The van der Waals surface area contributed by atoms with Crippen molar-refractivity contribution in [2.24, 2.45) is 0 Å². The molecule has 23 heavy (non-hydrogen) atoms. The third-order valence-corrected chi connectivity index (χ3v) is 4.77. The zero-order valence-corrected chi connectivity index (χ0v) is 13.8. The Morgan fingerprint density at radius 3 is 2.87 bits per heavy atom. The molecule has 1 aromatic carbocycles. The second-order valence-corrected chi connectivity index (χ2v) is 6.44. The molecule has 0 spiro atoms. The summed E-state index contributed by atoms with van der Waals surface area (Å²) in [5.74, 6) is 0.0426. The highest BCUT2D eigenvalue weighted by molar-refractivity contribution is 7.16. The largest absolute Gasteiger partial charge is 0.482 e. The van der Waals surface area contributed by atoms with E-state index in [9.17, 15) is 9.59 Å². The van der Waals surface area contributed by atoms with Crippen molar-refractivity contribution in [2.75, 3.05) is 31.4 Å². The molecule has 2 aromatic rings. The van der Waals surface area contributed by atoms with Crippen LogP contribution in [0.2, 0.25) is 0 Å². The van der Waals surface area contributed by atoms with E-state index in [0.29, 0.717) is 22.0 Å². The maximum Gasteiger partial charge on any atom is 0.341 e. The third kappa shape index (κ3) is 2.43. The van der Waals surface area contributed by atoms with E-state index in [-0.39, 0.29) is 12.5 Å². The van der Waals surface area contributed by atoms with Crippen molar-refractivity contribution in [1.29, 1.82) is 0 Å². The molecule has 7 heteroatoms. The lowest BCUT2D eigenvalue weighted by Crippen LogP contribution is -2.35. The quantitative estimate of drug-likeness (QED) is 0.854. The summed E-state index contributed by atoms with van der Waals surface area (Å²) in [5.41, 5.74) is 8.52. The monoisotopic (exact) mass is 332 g/mol. The average molecular weight is 332 g/mol. The van der Waals surface area contributed by atoms with Gasteiger partial charge in [0.1, 0.15) is 16.3 Å². The van der Waals surface area contributed by atoms with Crippen molar-refractivity contribution >= 4 is 33.9 Å². The molecule has 0 saturated heterocycles. The van der Waals surface area contributed by atoms with Crippen LogP contribution in [-0.4, -0.2) is 32.6 Å². The predicted octanol–water partition coefficient (Wildman–Crippen LogP) is 2.45. The molecule has 1 aliphatic heterocycles. The molecule has 2 heterocycles. The van der Waals surface area contributed by atoms with Gasteiger partial charge in [0, 0.05) is 17.5 Å². The fourth-order valence-electron chi connectivity index (χ4n) is 2.65. The number of carbonyl (C=O) groups excluding carboxylic acids is 2. The van der Waals surface area contributed by atoms with E-state index in [1.807, 2.05) is 19.1 Å². The molecule has 0 aliphatic carbocycles. The molecule has 0 unspecified atom stereocenters. The number of rotatable bonds is 2. The van der Waals surface area contributed by atoms with Crippen molar-refractivity contribution in [1.82, 2.24) is 0 Å². The zero-order chi connectivity index (χ0) is 16.7. The number of amides is 1. The molecule has 6 nitrogen and oxygen atoms in total. The highest BCUT2D eigenvalue weighted by Crippen LogP contribution is 2.42. The lowest BCUT2D eigenvalue weighted by atomic mass is 10.00. The Kier molecular flexibility index (Phi) is 3.73. The summed E-state index contributed by atoms with van der Waals surface area (Å²) in [5, 5.41) is 0.419. The van der Waals surface area contributed by atoms with Gasteiger partial charge in [-0.15, -0.1) is 11.3 Å².